The van der Waals surface area contributed by atoms with Crippen LogP contribution in [0.25, 0.3) is 11.4 Å². The van der Waals surface area contributed by atoms with Crippen LogP contribution in [0.4, 0.5) is 0 Å². The summed E-state index contributed by atoms with van der Waals surface area (Å²) in [5, 5.41) is 14.3. The maximum absolute atomic E-state index is 8.36. The van der Waals surface area contributed by atoms with Gasteiger partial charge in [0.1, 0.15) is 0 Å². The number of carboxylic acid groups (broad SMARTS) is 1. The molecule has 0 bridgehead atoms. The summed E-state index contributed by atoms with van der Waals surface area (Å²) in [6.45, 7) is 2.38. The molecular formula is C15H19N3O4. The van der Waals surface area contributed by atoms with Gasteiger partial charge in [-0.1, -0.05) is 29.4 Å². The van der Waals surface area contributed by atoms with Crippen LogP contribution in [0.5, 0.6) is 0 Å². The van der Waals surface area contributed by atoms with Crippen LogP contribution < -0.4 is 5.32 Å². The summed E-state index contributed by atoms with van der Waals surface area (Å²) >= 11 is 0. The number of aromatic nitrogens is 2. The molecule has 0 spiro atoms. The summed E-state index contributed by atoms with van der Waals surface area (Å²) in [5.41, 5.74) is 2.24. The summed E-state index contributed by atoms with van der Waals surface area (Å²) in [7, 11) is 0. The Morgan fingerprint density at radius 3 is 2.55 bits per heavy atom. The van der Waals surface area contributed by atoms with Crippen LogP contribution in [-0.2, 0) is 16.1 Å². The van der Waals surface area contributed by atoms with Gasteiger partial charge in [0.05, 0.1) is 0 Å². The number of nitrogens with zero attached hydrogens (tertiary/aromatic N) is 2. The highest BCUT2D eigenvalue weighted by Crippen LogP contribution is 2.15. The lowest BCUT2D eigenvalue weighted by molar-refractivity contribution is -0.122. The molecule has 1 fully saturated rings. The van der Waals surface area contributed by atoms with Gasteiger partial charge in [-0.15, -0.1) is 0 Å². The third-order valence-electron chi connectivity index (χ3n) is 3.39. The molecule has 22 heavy (non-hydrogen) atoms. The minimum atomic E-state index is -0.250. The van der Waals surface area contributed by atoms with E-state index in [-0.39, 0.29) is 6.47 Å². The van der Waals surface area contributed by atoms with Crippen LogP contribution in [0, 0.1) is 0 Å². The van der Waals surface area contributed by atoms with Crippen LogP contribution in [0.15, 0.2) is 35.2 Å². The Kier molecular flexibility index (Phi) is 6.53. The van der Waals surface area contributed by atoms with E-state index in [0.717, 1.165) is 38.2 Å². The summed E-state index contributed by atoms with van der Waals surface area (Å²) in [6.07, 6.45) is 3.54. The first-order chi connectivity index (χ1) is 10.8. The van der Waals surface area contributed by atoms with Gasteiger partial charge >= 0.3 is 0 Å². The predicted molar refractivity (Wildman–Crippen MR) is 79.1 cm³/mol. The number of hydrogen-bond acceptors (Lipinski definition) is 6. The molecule has 0 aliphatic carbocycles. The van der Waals surface area contributed by atoms with E-state index in [4.69, 9.17) is 19.2 Å². The Labute approximate surface area is 128 Å². The minimum absolute atomic E-state index is 0.250. The molecule has 0 unspecified atom stereocenters. The van der Waals surface area contributed by atoms with Crippen LogP contribution in [-0.4, -0.2) is 41.0 Å². The Hall–Kier alpha value is -2.25. The van der Waals surface area contributed by atoms with Gasteiger partial charge in [0, 0.05) is 31.4 Å². The molecule has 1 aliphatic heterocycles. The van der Waals surface area contributed by atoms with Gasteiger partial charge in [0.2, 0.25) is 12.2 Å². The molecule has 0 atom stereocenters. The van der Waals surface area contributed by atoms with Crippen molar-refractivity contribution in [1.29, 1.82) is 0 Å². The molecular weight excluding hydrogens is 286 g/mol. The van der Waals surface area contributed by atoms with Crippen molar-refractivity contribution in [1.82, 2.24) is 15.5 Å². The van der Waals surface area contributed by atoms with E-state index in [0.29, 0.717) is 11.9 Å². The molecule has 2 heterocycles. The number of nitrogens with one attached hydrogen (secondary N) is 1. The fourth-order valence-corrected chi connectivity index (χ4v) is 2.23. The zero-order valence-electron chi connectivity index (χ0n) is 12.1. The van der Waals surface area contributed by atoms with Crippen molar-refractivity contribution in [2.75, 3.05) is 13.2 Å². The second-order valence-electron chi connectivity index (χ2n) is 4.82. The Morgan fingerprint density at radius 2 is 1.95 bits per heavy atom. The van der Waals surface area contributed by atoms with Crippen LogP contribution in [0.1, 0.15) is 18.4 Å². The standard InChI is InChI=1S/C14H17N3O2.CH2O2/c1-3-12(14-16-10-19-17-14)4-2-11(1)9-15-13-5-7-18-8-6-13;2-1-3/h1-4,10,13,15H,5-9H2;1H,(H,2,3). The number of benzene rings is 1. The summed E-state index contributed by atoms with van der Waals surface area (Å²) in [4.78, 5) is 12.4. The fourth-order valence-electron chi connectivity index (χ4n) is 2.23. The van der Waals surface area contributed by atoms with Crippen LogP contribution in [0.2, 0.25) is 0 Å². The molecule has 1 aliphatic rings. The van der Waals surface area contributed by atoms with Gasteiger partial charge in [0.15, 0.2) is 0 Å². The van der Waals surface area contributed by atoms with Crippen molar-refractivity contribution in [3.05, 3.63) is 36.2 Å². The first-order valence-corrected chi connectivity index (χ1v) is 7.08. The van der Waals surface area contributed by atoms with Gasteiger partial charge in [-0.2, -0.15) is 4.98 Å². The topological polar surface area (TPSA) is 97.5 Å². The second-order valence-corrected chi connectivity index (χ2v) is 4.82. The number of carbonyl (C=O) groups is 1. The highest BCUT2D eigenvalue weighted by molar-refractivity contribution is 5.54. The van der Waals surface area contributed by atoms with Crippen molar-refractivity contribution in [3.8, 4) is 11.4 Å². The average Bonchev–Trinajstić information content (AvgIpc) is 3.10. The minimum Gasteiger partial charge on any atom is -0.483 e. The van der Waals surface area contributed by atoms with Gasteiger partial charge in [-0.25, -0.2) is 0 Å². The number of hydrogen-bond donors (Lipinski definition) is 2. The van der Waals surface area contributed by atoms with E-state index in [2.05, 4.69) is 27.6 Å². The molecule has 2 N–H and O–H groups in total. The Morgan fingerprint density at radius 1 is 1.27 bits per heavy atom. The molecule has 2 aromatic rings. The molecule has 1 aromatic carbocycles. The zero-order chi connectivity index (χ0) is 15.6. The quantitative estimate of drug-likeness (QED) is 0.830. The zero-order valence-corrected chi connectivity index (χ0v) is 12.1. The highest BCUT2D eigenvalue weighted by atomic mass is 16.5. The predicted octanol–water partition coefficient (Wildman–Crippen LogP) is 1.71. The first-order valence-electron chi connectivity index (χ1n) is 7.08. The molecule has 7 nitrogen and oxygen atoms in total. The van der Waals surface area contributed by atoms with Crippen molar-refractivity contribution in [3.63, 3.8) is 0 Å². The lowest BCUT2D eigenvalue weighted by Gasteiger charge is -2.23. The van der Waals surface area contributed by atoms with Crippen LogP contribution in [0.3, 0.4) is 0 Å². The Bertz CT molecular complexity index is 536. The molecule has 0 saturated carbocycles. The maximum Gasteiger partial charge on any atom is 0.290 e. The maximum atomic E-state index is 8.36. The van der Waals surface area contributed by atoms with E-state index in [1.54, 1.807) is 0 Å². The lowest BCUT2D eigenvalue weighted by Crippen LogP contribution is -2.34. The number of rotatable bonds is 4. The third-order valence-corrected chi connectivity index (χ3v) is 3.39. The van der Waals surface area contributed by atoms with E-state index in [1.807, 2.05) is 12.1 Å². The third kappa shape index (κ3) is 4.94. The summed E-state index contributed by atoms with van der Waals surface area (Å²) in [6, 6.07) is 8.80. The summed E-state index contributed by atoms with van der Waals surface area (Å²) < 4.78 is 10.1. The van der Waals surface area contributed by atoms with E-state index in [9.17, 15) is 0 Å². The average molecular weight is 305 g/mol. The fraction of sp³-hybridized carbons (Fsp3) is 0.400. The summed E-state index contributed by atoms with van der Waals surface area (Å²) in [5.74, 6) is 0.629. The van der Waals surface area contributed by atoms with Gasteiger partial charge in [0.25, 0.3) is 6.47 Å². The largest absolute Gasteiger partial charge is 0.483 e. The molecule has 118 valence electrons. The van der Waals surface area contributed by atoms with Crippen molar-refractivity contribution < 1.29 is 19.2 Å². The molecule has 0 amide bonds. The highest BCUT2D eigenvalue weighted by Gasteiger charge is 2.12. The van der Waals surface area contributed by atoms with Gasteiger partial charge < -0.3 is 19.7 Å². The van der Waals surface area contributed by atoms with Crippen molar-refractivity contribution in [2.45, 2.75) is 25.4 Å². The Balaban J connectivity index is 0.000000545. The molecule has 1 saturated heterocycles. The van der Waals surface area contributed by atoms with Crippen molar-refractivity contribution in [2.24, 2.45) is 0 Å². The molecule has 0 radical (unpaired) electrons. The normalized spacial score (nSPS) is 14.9. The second kappa shape index (κ2) is 8.91. The molecule has 7 heteroatoms. The smallest absolute Gasteiger partial charge is 0.290 e. The van der Waals surface area contributed by atoms with E-state index in [1.165, 1.54) is 12.0 Å². The molecule has 1 aromatic heterocycles. The van der Waals surface area contributed by atoms with Gasteiger partial charge in [-0.05, 0) is 18.4 Å². The van der Waals surface area contributed by atoms with Crippen molar-refractivity contribution >= 4 is 6.47 Å². The van der Waals surface area contributed by atoms with Crippen LogP contribution >= 0.6 is 0 Å². The SMILES string of the molecule is O=CO.c1nc(-c2ccc(CNC3CCOCC3)cc2)no1. The monoisotopic (exact) mass is 305 g/mol. The molecule has 3 rings (SSSR count). The van der Waals surface area contributed by atoms with E-state index < -0.39 is 0 Å². The van der Waals surface area contributed by atoms with Gasteiger partial charge in [-0.3, -0.25) is 4.79 Å². The lowest BCUT2D eigenvalue weighted by atomic mass is 10.1. The first kappa shape index (κ1) is 16.1. The van der Waals surface area contributed by atoms with E-state index >= 15 is 0 Å². The number of ether oxygens (including phenoxy) is 1.